The van der Waals surface area contributed by atoms with Gasteiger partial charge in [-0.2, -0.15) is 0 Å². The molecule has 0 amide bonds. The van der Waals surface area contributed by atoms with Gasteiger partial charge in [0.15, 0.2) is 0 Å². The lowest BCUT2D eigenvalue weighted by Gasteiger charge is -2.21. The number of allylic oxidation sites excluding steroid dienone is 4. The summed E-state index contributed by atoms with van der Waals surface area (Å²) >= 11 is 0. The van der Waals surface area contributed by atoms with E-state index in [2.05, 4.69) is 38.2 Å². The lowest BCUT2D eigenvalue weighted by molar-refractivity contribution is -0.160. The van der Waals surface area contributed by atoms with Crippen molar-refractivity contribution in [2.45, 2.75) is 174 Å². The Morgan fingerprint density at radius 2 is 0.929 bits per heavy atom. The molecule has 0 fully saturated rings. The van der Waals surface area contributed by atoms with Crippen molar-refractivity contribution in [3.05, 3.63) is 24.3 Å². The first-order valence-corrected chi connectivity index (χ1v) is 17.8. The Kier molecular flexibility index (Phi) is 31.1. The number of unbranched alkanes of at least 4 members (excludes halogenated alkanes) is 18. The zero-order valence-electron chi connectivity index (χ0n) is 28.4. The molecule has 0 spiro atoms. The van der Waals surface area contributed by atoms with Crippen LogP contribution in [0.5, 0.6) is 0 Å². The first-order valence-electron chi connectivity index (χ1n) is 17.8. The summed E-state index contributed by atoms with van der Waals surface area (Å²) in [7, 11) is 3.87. The summed E-state index contributed by atoms with van der Waals surface area (Å²) in [4.78, 5) is 26.6. The highest BCUT2D eigenvalue weighted by atomic mass is 16.6. The molecule has 0 aromatic rings. The maximum Gasteiger partial charge on any atom is 0.306 e. The summed E-state index contributed by atoms with van der Waals surface area (Å²) in [6.45, 7) is 5.20. The molecule has 0 rings (SSSR count). The van der Waals surface area contributed by atoms with Crippen molar-refractivity contribution < 1.29 is 19.1 Å². The van der Waals surface area contributed by atoms with E-state index >= 15 is 0 Å². The largest absolute Gasteiger partial charge is 0.462 e. The molecule has 0 aliphatic carbocycles. The van der Waals surface area contributed by atoms with Crippen molar-refractivity contribution in [2.24, 2.45) is 0 Å². The minimum Gasteiger partial charge on any atom is -0.462 e. The zero-order chi connectivity index (χ0) is 30.9. The quantitative estimate of drug-likeness (QED) is 0.0456. The third kappa shape index (κ3) is 31.3. The summed E-state index contributed by atoms with van der Waals surface area (Å²) < 4.78 is 11.1. The molecule has 42 heavy (non-hydrogen) atoms. The second-order valence-electron chi connectivity index (χ2n) is 12.3. The van der Waals surface area contributed by atoms with Crippen LogP contribution in [0.3, 0.4) is 0 Å². The summed E-state index contributed by atoms with van der Waals surface area (Å²) in [5, 5.41) is 0. The van der Waals surface area contributed by atoms with E-state index in [1.165, 1.54) is 89.9 Å². The maximum atomic E-state index is 12.4. The van der Waals surface area contributed by atoms with E-state index in [1.807, 2.05) is 19.0 Å². The predicted molar refractivity (Wildman–Crippen MR) is 180 cm³/mol. The van der Waals surface area contributed by atoms with Crippen LogP contribution >= 0.6 is 0 Å². The van der Waals surface area contributed by atoms with Gasteiger partial charge in [0, 0.05) is 19.4 Å². The molecular formula is C37H69NO4. The van der Waals surface area contributed by atoms with Crippen LogP contribution in [0, 0.1) is 0 Å². The molecule has 0 radical (unpaired) electrons. The second-order valence-corrected chi connectivity index (χ2v) is 12.3. The summed E-state index contributed by atoms with van der Waals surface area (Å²) in [6, 6.07) is 0. The fourth-order valence-electron chi connectivity index (χ4n) is 5.01. The highest BCUT2D eigenvalue weighted by Crippen LogP contribution is 2.11. The van der Waals surface area contributed by atoms with Gasteiger partial charge in [-0.3, -0.25) is 9.59 Å². The van der Waals surface area contributed by atoms with E-state index in [4.69, 9.17) is 9.47 Å². The van der Waals surface area contributed by atoms with Crippen LogP contribution in [0.1, 0.15) is 168 Å². The van der Waals surface area contributed by atoms with Gasteiger partial charge < -0.3 is 14.4 Å². The number of carbonyl (C=O) groups excluding carboxylic acids is 2. The lowest BCUT2D eigenvalue weighted by Crippen LogP contribution is -2.34. The molecule has 0 heterocycles. The highest BCUT2D eigenvalue weighted by molar-refractivity contribution is 5.70. The number of hydrogen-bond acceptors (Lipinski definition) is 5. The minimum atomic E-state index is -0.418. The summed E-state index contributed by atoms with van der Waals surface area (Å²) in [6.07, 6.45) is 36.3. The lowest BCUT2D eigenvalue weighted by atomic mass is 10.1. The van der Waals surface area contributed by atoms with E-state index in [0.717, 1.165) is 51.4 Å². The predicted octanol–water partition coefficient (Wildman–Crippen LogP) is 10.5. The molecular weight excluding hydrogens is 522 g/mol. The number of ether oxygens (including phenoxy) is 2. The SMILES string of the molecule is CCCCCCCC/C=C\CCCCCC(=O)OCC(CN(C)C)OC(=O)CCCCC/C=C\CCCCCCCC. The molecule has 1 atom stereocenters. The van der Waals surface area contributed by atoms with Crippen LogP contribution in [-0.4, -0.2) is 50.2 Å². The smallest absolute Gasteiger partial charge is 0.306 e. The minimum absolute atomic E-state index is 0.132. The van der Waals surface area contributed by atoms with Gasteiger partial charge >= 0.3 is 11.9 Å². The van der Waals surface area contributed by atoms with Crippen molar-refractivity contribution in [3.63, 3.8) is 0 Å². The van der Waals surface area contributed by atoms with E-state index < -0.39 is 6.10 Å². The third-order valence-corrected chi connectivity index (χ3v) is 7.58. The Labute approximate surface area is 261 Å². The van der Waals surface area contributed by atoms with Gasteiger partial charge in [-0.05, 0) is 78.3 Å². The van der Waals surface area contributed by atoms with Crippen LogP contribution in [-0.2, 0) is 19.1 Å². The van der Waals surface area contributed by atoms with Gasteiger partial charge in [0.2, 0.25) is 0 Å². The Bertz CT molecular complexity index is 658. The number of likely N-dealkylation sites (N-methyl/N-ethyl adjacent to an activating group) is 1. The van der Waals surface area contributed by atoms with E-state index in [1.54, 1.807) is 0 Å². The van der Waals surface area contributed by atoms with Crippen LogP contribution in [0.4, 0.5) is 0 Å². The summed E-state index contributed by atoms with van der Waals surface area (Å²) in [5.74, 6) is -0.390. The number of esters is 2. The topological polar surface area (TPSA) is 55.8 Å². The molecule has 1 unspecified atom stereocenters. The fourth-order valence-corrected chi connectivity index (χ4v) is 5.01. The third-order valence-electron chi connectivity index (χ3n) is 7.58. The van der Waals surface area contributed by atoms with Gasteiger partial charge in [0.1, 0.15) is 12.7 Å². The van der Waals surface area contributed by atoms with Crippen LogP contribution in [0.25, 0.3) is 0 Å². The molecule has 0 aromatic carbocycles. The van der Waals surface area contributed by atoms with Crippen molar-refractivity contribution in [1.29, 1.82) is 0 Å². The molecule has 0 bridgehead atoms. The van der Waals surface area contributed by atoms with Crippen molar-refractivity contribution in [1.82, 2.24) is 4.90 Å². The molecule has 5 heteroatoms. The molecule has 0 aromatic heterocycles. The van der Waals surface area contributed by atoms with E-state index in [-0.39, 0.29) is 18.5 Å². The average molecular weight is 592 g/mol. The molecule has 5 nitrogen and oxygen atoms in total. The van der Waals surface area contributed by atoms with Crippen molar-refractivity contribution >= 4 is 11.9 Å². The highest BCUT2D eigenvalue weighted by Gasteiger charge is 2.18. The first kappa shape index (κ1) is 40.4. The fraction of sp³-hybridized carbons (Fsp3) is 0.838. The number of nitrogens with zero attached hydrogens (tertiary/aromatic N) is 1. The van der Waals surface area contributed by atoms with Gasteiger partial charge in [-0.15, -0.1) is 0 Å². The van der Waals surface area contributed by atoms with Crippen LogP contribution < -0.4 is 0 Å². The molecule has 0 aliphatic heterocycles. The Hall–Kier alpha value is -1.62. The maximum absolute atomic E-state index is 12.4. The Balaban J connectivity index is 3.85. The van der Waals surface area contributed by atoms with Crippen molar-refractivity contribution in [3.8, 4) is 0 Å². The van der Waals surface area contributed by atoms with Gasteiger partial charge in [-0.25, -0.2) is 0 Å². The molecule has 0 saturated carbocycles. The van der Waals surface area contributed by atoms with Gasteiger partial charge in [-0.1, -0.05) is 115 Å². The Morgan fingerprint density at radius 3 is 1.36 bits per heavy atom. The standard InChI is InChI=1S/C37H69NO4/c1-5-7-9-11-13-15-17-19-21-23-25-27-29-31-36(39)41-34-35(33-38(3)4)42-37(40)32-30-28-26-24-22-20-18-16-14-12-10-8-6-2/h19-22,35H,5-18,23-34H2,1-4H3/b21-19-,22-20-. The molecule has 246 valence electrons. The molecule has 0 aliphatic rings. The number of hydrogen-bond donors (Lipinski definition) is 0. The number of rotatable bonds is 31. The van der Waals surface area contributed by atoms with Gasteiger partial charge in [0.25, 0.3) is 0 Å². The van der Waals surface area contributed by atoms with E-state index in [0.29, 0.717) is 19.4 Å². The van der Waals surface area contributed by atoms with Crippen LogP contribution in [0.2, 0.25) is 0 Å². The van der Waals surface area contributed by atoms with Gasteiger partial charge in [0.05, 0.1) is 0 Å². The molecule has 0 saturated heterocycles. The molecule has 0 N–H and O–H groups in total. The monoisotopic (exact) mass is 592 g/mol. The zero-order valence-corrected chi connectivity index (χ0v) is 28.4. The Morgan fingerprint density at radius 1 is 0.548 bits per heavy atom. The first-order chi connectivity index (χ1) is 20.5. The van der Waals surface area contributed by atoms with Crippen molar-refractivity contribution in [2.75, 3.05) is 27.2 Å². The van der Waals surface area contributed by atoms with Crippen LogP contribution in [0.15, 0.2) is 24.3 Å². The second kappa shape index (κ2) is 32.3. The van der Waals surface area contributed by atoms with E-state index in [9.17, 15) is 9.59 Å². The number of carbonyl (C=O) groups is 2. The average Bonchev–Trinajstić information content (AvgIpc) is 2.96. The summed E-state index contributed by atoms with van der Waals surface area (Å²) in [5.41, 5.74) is 0. The normalized spacial score (nSPS) is 12.5.